The zero-order chi connectivity index (χ0) is 11.3. The second-order valence-electron chi connectivity index (χ2n) is 3.56. The monoisotopic (exact) mass is 228 g/mol. The van der Waals surface area contributed by atoms with Crippen LogP contribution in [0, 0.1) is 12.7 Å². The molecule has 1 N–H and O–H groups in total. The summed E-state index contributed by atoms with van der Waals surface area (Å²) in [6.07, 6.45) is 0.139. The average Bonchev–Trinajstić information content (AvgIpc) is 2.16. The van der Waals surface area contributed by atoms with Crippen LogP contribution in [0.25, 0.3) is 0 Å². The molecule has 0 bridgehead atoms. The normalized spacial score (nSPS) is 12.8. The maximum Gasteiger partial charge on any atom is 0.123 e. The van der Waals surface area contributed by atoms with Crippen molar-refractivity contribution < 1.29 is 9.50 Å². The predicted octanol–water partition coefficient (Wildman–Crippen LogP) is 3.31. The second kappa shape index (κ2) is 6.13. The van der Waals surface area contributed by atoms with Gasteiger partial charge in [0.15, 0.2) is 0 Å². The van der Waals surface area contributed by atoms with Crippen LogP contribution in [0.2, 0.25) is 0 Å². The van der Waals surface area contributed by atoms with Gasteiger partial charge in [-0.15, -0.1) is 0 Å². The number of aliphatic hydroxyl groups is 1. The summed E-state index contributed by atoms with van der Waals surface area (Å²) in [5.41, 5.74) is 1.54. The van der Waals surface area contributed by atoms with Crippen LogP contribution in [-0.4, -0.2) is 16.6 Å². The third-order valence-electron chi connectivity index (χ3n) is 2.19. The highest BCUT2D eigenvalue weighted by Gasteiger charge is 2.08. The van der Waals surface area contributed by atoms with Gasteiger partial charge in [0, 0.05) is 0 Å². The van der Waals surface area contributed by atoms with Gasteiger partial charge in [0.05, 0.1) is 6.10 Å². The molecule has 1 aromatic rings. The topological polar surface area (TPSA) is 20.2 Å². The third kappa shape index (κ3) is 4.22. The lowest BCUT2D eigenvalue weighted by Crippen LogP contribution is -2.00. The Balaban J connectivity index is 2.60. The van der Waals surface area contributed by atoms with Gasteiger partial charge in [-0.1, -0.05) is 13.0 Å². The quantitative estimate of drug-likeness (QED) is 0.780. The highest BCUT2D eigenvalue weighted by atomic mass is 32.2. The minimum atomic E-state index is -0.543. The van der Waals surface area contributed by atoms with Gasteiger partial charge in [-0.3, -0.25) is 0 Å². The van der Waals surface area contributed by atoms with Crippen molar-refractivity contribution in [2.45, 2.75) is 26.4 Å². The summed E-state index contributed by atoms with van der Waals surface area (Å²) >= 11 is 1.79. The van der Waals surface area contributed by atoms with E-state index >= 15 is 0 Å². The highest BCUT2D eigenvalue weighted by molar-refractivity contribution is 7.99. The van der Waals surface area contributed by atoms with Crippen molar-refractivity contribution in [1.82, 2.24) is 0 Å². The number of rotatable bonds is 5. The summed E-state index contributed by atoms with van der Waals surface area (Å²) < 4.78 is 13.1. The van der Waals surface area contributed by atoms with Gasteiger partial charge in [-0.2, -0.15) is 11.8 Å². The SMILES string of the molecule is CCSCCC(O)c1cc(C)cc(F)c1. The molecule has 0 aliphatic rings. The molecule has 84 valence electrons. The Morgan fingerprint density at radius 3 is 2.73 bits per heavy atom. The molecule has 0 aliphatic carbocycles. The average molecular weight is 228 g/mol. The van der Waals surface area contributed by atoms with Gasteiger partial charge in [-0.05, 0) is 48.1 Å². The standard InChI is InChI=1S/C12H17FOS/c1-3-15-5-4-12(14)10-6-9(2)7-11(13)8-10/h6-8,12,14H,3-5H2,1-2H3. The molecule has 1 nitrogen and oxygen atoms in total. The summed E-state index contributed by atoms with van der Waals surface area (Å²) in [4.78, 5) is 0. The lowest BCUT2D eigenvalue weighted by atomic mass is 10.0. The maximum absolute atomic E-state index is 13.1. The Hall–Kier alpha value is -0.540. The van der Waals surface area contributed by atoms with Gasteiger partial charge in [0.25, 0.3) is 0 Å². The molecule has 0 amide bonds. The fourth-order valence-electron chi connectivity index (χ4n) is 1.46. The van der Waals surface area contributed by atoms with Gasteiger partial charge >= 0.3 is 0 Å². The van der Waals surface area contributed by atoms with Gasteiger partial charge < -0.3 is 5.11 Å². The van der Waals surface area contributed by atoms with E-state index in [0.29, 0.717) is 12.0 Å². The van der Waals surface area contributed by atoms with E-state index in [9.17, 15) is 9.50 Å². The van der Waals surface area contributed by atoms with Crippen LogP contribution in [-0.2, 0) is 0 Å². The van der Waals surface area contributed by atoms with E-state index in [-0.39, 0.29) is 5.82 Å². The first-order valence-corrected chi connectivity index (χ1v) is 6.32. The first-order chi connectivity index (χ1) is 7.13. The molecule has 0 aromatic heterocycles. The molecule has 1 rings (SSSR count). The number of thioether (sulfide) groups is 1. The molecule has 1 aromatic carbocycles. The van der Waals surface area contributed by atoms with Gasteiger partial charge in [0.2, 0.25) is 0 Å². The Labute approximate surface area is 94.7 Å². The molecule has 0 fully saturated rings. The molecule has 0 saturated heterocycles. The van der Waals surface area contributed by atoms with Crippen molar-refractivity contribution in [3.63, 3.8) is 0 Å². The van der Waals surface area contributed by atoms with Crippen LogP contribution in [0.4, 0.5) is 4.39 Å². The third-order valence-corrected chi connectivity index (χ3v) is 3.12. The van der Waals surface area contributed by atoms with Crippen LogP contribution >= 0.6 is 11.8 Å². The van der Waals surface area contributed by atoms with Crippen molar-refractivity contribution in [2.75, 3.05) is 11.5 Å². The van der Waals surface area contributed by atoms with Gasteiger partial charge in [-0.25, -0.2) is 4.39 Å². The van der Waals surface area contributed by atoms with Crippen molar-refractivity contribution in [1.29, 1.82) is 0 Å². The highest BCUT2D eigenvalue weighted by Crippen LogP contribution is 2.21. The molecule has 1 unspecified atom stereocenters. The molecule has 0 saturated carbocycles. The Bertz CT molecular complexity index is 294. The molecule has 0 aliphatic heterocycles. The molecular formula is C12H17FOS. The van der Waals surface area contributed by atoms with Crippen molar-refractivity contribution in [3.05, 3.63) is 35.1 Å². The predicted molar refractivity (Wildman–Crippen MR) is 63.7 cm³/mol. The second-order valence-corrected chi connectivity index (χ2v) is 4.96. The van der Waals surface area contributed by atoms with E-state index in [1.54, 1.807) is 11.8 Å². The van der Waals surface area contributed by atoms with Crippen LogP contribution in [0.3, 0.4) is 0 Å². The van der Waals surface area contributed by atoms with Crippen molar-refractivity contribution in [3.8, 4) is 0 Å². The molecular weight excluding hydrogens is 211 g/mol. The van der Waals surface area contributed by atoms with E-state index < -0.39 is 6.10 Å². The number of halogens is 1. The van der Waals surface area contributed by atoms with Crippen molar-refractivity contribution in [2.24, 2.45) is 0 Å². The molecule has 0 spiro atoms. The number of hydrogen-bond acceptors (Lipinski definition) is 2. The first kappa shape index (κ1) is 12.5. The Morgan fingerprint density at radius 1 is 1.40 bits per heavy atom. The Morgan fingerprint density at radius 2 is 2.13 bits per heavy atom. The van der Waals surface area contributed by atoms with Crippen LogP contribution in [0.1, 0.15) is 30.6 Å². The zero-order valence-electron chi connectivity index (χ0n) is 9.16. The summed E-state index contributed by atoms with van der Waals surface area (Å²) in [7, 11) is 0. The fraction of sp³-hybridized carbons (Fsp3) is 0.500. The largest absolute Gasteiger partial charge is 0.388 e. The zero-order valence-corrected chi connectivity index (χ0v) is 9.98. The van der Waals surface area contributed by atoms with Crippen LogP contribution in [0.15, 0.2) is 18.2 Å². The lowest BCUT2D eigenvalue weighted by molar-refractivity contribution is 0.174. The summed E-state index contributed by atoms with van der Waals surface area (Å²) in [5, 5.41) is 9.82. The number of aliphatic hydroxyl groups excluding tert-OH is 1. The molecule has 0 heterocycles. The minimum absolute atomic E-state index is 0.271. The van der Waals surface area contributed by atoms with E-state index in [0.717, 1.165) is 17.1 Å². The number of hydrogen-bond donors (Lipinski definition) is 1. The summed E-state index contributed by atoms with van der Waals surface area (Å²) in [6.45, 7) is 3.92. The number of aryl methyl sites for hydroxylation is 1. The van der Waals surface area contributed by atoms with E-state index in [1.807, 2.05) is 13.0 Å². The summed E-state index contributed by atoms with van der Waals surface area (Å²) in [5.74, 6) is 1.69. The smallest absolute Gasteiger partial charge is 0.123 e. The maximum atomic E-state index is 13.1. The molecule has 0 radical (unpaired) electrons. The molecule has 1 atom stereocenters. The van der Waals surface area contributed by atoms with E-state index in [2.05, 4.69) is 6.92 Å². The van der Waals surface area contributed by atoms with Crippen LogP contribution in [0.5, 0.6) is 0 Å². The first-order valence-electron chi connectivity index (χ1n) is 5.16. The lowest BCUT2D eigenvalue weighted by Gasteiger charge is -2.11. The van der Waals surface area contributed by atoms with Gasteiger partial charge in [0.1, 0.15) is 5.82 Å². The van der Waals surface area contributed by atoms with E-state index in [4.69, 9.17) is 0 Å². The number of benzene rings is 1. The molecule has 3 heteroatoms. The van der Waals surface area contributed by atoms with Crippen LogP contribution < -0.4 is 0 Å². The van der Waals surface area contributed by atoms with E-state index in [1.165, 1.54) is 12.1 Å². The Kier molecular flexibility index (Phi) is 5.12. The minimum Gasteiger partial charge on any atom is -0.388 e. The van der Waals surface area contributed by atoms with Crippen molar-refractivity contribution >= 4 is 11.8 Å². The summed E-state index contributed by atoms with van der Waals surface area (Å²) in [6, 6.07) is 4.72. The molecule has 15 heavy (non-hydrogen) atoms. The fourth-order valence-corrected chi connectivity index (χ4v) is 2.14.